The highest BCUT2D eigenvalue weighted by molar-refractivity contribution is 7.99. The Kier molecular flexibility index (Phi) is 3.99. The number of nitrogen functional groups attached to an aromatic ring is 1. The standard InChI is InChI=1S/C13H20N2S/c1-10-6-12(14)8-13(7-10)15-9-11-2-4-16-5-3-11/h6-8,11,15H,2-5,9,14H2,1H3. The zero-order valence-electron chi connectivity index (χ0n) is 9.83. The van der Waals surface area contributed by atoms with E-state index in [2.05, 4.69) is 30.1 Å². The summed E-state index contributed by atoms with van der Waals surface area (Å²) in [5.41, 5.74) is 9.06. The van der Waals surface area contributed by atoms with Gasteiger partial charge in [0.05, 0.1) is 0 Å². The Bertz CT molecular complexity index is 326. The van der Waals surface area contributed by atoms with Crippen molar-refractivity contribution >= 4 is 23.1 Å². The number of hydrogen-bond acceptors (Lipinski definition) is 3. The highest BCUT2D eigenvalue weighted by Crippen LogP contribution is 2.23. The van der Waals surface area contributed by atoms with Crippen LogP contribution in [0, 0.1) is 12.8 Å². The Labute approximate surface area is 102 Å². The summed E-state index contributed by atoms with van der Waals surface area (Å²) in [5, 5.41) is 3.51. The quantitative estimate of drug-likeness (QED) is 0.792. The van der Waals surface area contributed by atoms with Crippen LogP contribution in [-0.2, 0) is 0 Å². The molecule has 0 saturated carbocycles. The van der Waals surface area contributed by atoms with Gasteiger partial charge in [-0.25, -0.2) is 0 Å². The zero-order chi connectivity index (χ0) is 11.4. The molecule has 0 radical (unpaired) electrons. The Morgan fingerprint density at radius 2 is 2.06 bits per heavy atom. The third-order valence-electron chi connectivity index (χ3n) is 3.04. The minimum absolute atomic E-state index is 0.836. The summed E-state index contributed by atoms with van der Waals surface area (Å²) in [5.74, 6) is 3.48. The topological polar surface area (TPSA) is 38.0 Å². The van der Waals surface area contributed by atoms with Gasteiger partial charge in [-0.15, -0.1) is 0 Å². The molecule has 1 aliphatic heterocycles. The van der Waals surface area contributed by atoms with Crippen molar-refractivity contribution in [1.29, 1.82) is 0 Å². The van der Waals surface area contributed by atoms with Gasteiger partial charge in [-0.1, -0.05) is 0 Å². The van der Waals surface area contributed by atoms with E-state index >= 15 is 0 Å². The molecular formula is C13H20N2S. The van der Waals surface area contributed by atoms with Crippen LogP contribution in [0.25, 0.3) is 0 Å². The second kappa shape index (κ2) is 5.48. The lowest BCUT2D eigenvalue weighted by Crippen LogP contribution is -2.19. The number of hydrogen-bond donors (Lipinski definition) is 2. The molecule has 3 N–H and O–H groups in total. The molecule has 2 nitrogen and oxygen atoms in total. The summed E-state index contributed by atoms with van der Waals surface area (Å²) < 4.78 is 0. The Morgan fingerprint density at radius 1 is 1.31 bits per heavy atom. The van der Waals surface area contributed by atoms with E-state index < -0.39 is 0 Å². The first-order chi connectivity index (χ1) is 7.74. The van der Waals surface area contributed by atoms with Gasteiger partial charge in [0.2, 0.25) is 0 Å². The third-order valence-corrected chi connectivity index (χ3v) is 4.08. The van der Waals surface area contributed by atoms with E-state index in [9.17, 15) is 0 Å². The van der Waals surface area contributed by atoms with Gasteiger partial charge < -0.3 is 11.1 Å². The smallest absolute Gasteiger partial charge is 0.0363 e. The van der Waals surface area contributed by atoms with Crippen molar-refractivity contribution in [1.82, 2.24) is 0 Å². The van der Waals surface area contributed by atoms with Crippen LogP contribution in [-0.4, -0.2) is 18.1 Å². The predicted molar refractivity (Wildman–Crippen MR) is 74.1 cm³/mol. The predicted octanol–water partition coefficient (Wildman–Crippen LogP) is 3.13. The minimum atomic E-state index is 0.836. The normalized spacial score (nSPS) is 17.3. The number of nitrogens with one attached hydrogen (secondary N) is 1. The Morgan fingerprint density at radius 3 is 2.75 bits per heavy atom. The molecule has 0 unspecified atom stereocenters. The van der Waals surface area contributed by atoms with Gasteiger partial charge in [-0.05, 0) is 61.0 Å². The maximum absolute atomic E-state index is 5.82. The Hall–Kier alpha value is -0.830. The number of benzene rings is 1. The van der Waals surface area contributed by atoms with Crippen molar-refractivity contribution in [2.24, 2.45) is 5.92 Å². The van der Waals surface area contributed by atoms with Crippen LogP contribution in [0.5, 0.6) is 0 Å². The first kappa shape index (κ1) is 11.6. The fraction of sp³-hybridized carbons (Fsp3) is 0.538. The van der Waals surface area contributed by atoms with Crippen molar-refractivity contribution in [3.8, 4) is 0 Å². The third kappa shape index (κ3) is 3.34. The van der Waals surface area contributed by atoms with E-state index in [0.717, 1.165) is 23.8 Å². The van der Waals surface area contributed by atoms with Crippen LogP contribution < -0.4 is 11.1 Å². The molecule has 0 spiro atoms. The van der Waals surface area contributed by atoms with Crippen LogP contribution in [0.4, 0.5) is 11.4 Å². The number of aryl methyl sites for hydroxylation is 1. The van der Waals surface area contributed by atoms with E-state index in [1.54, 1.807) is 0 Å². The minimum Gasteiger partial charge on any atom is -0.399 e. The molecule has 0 aromatic heterocycles. The molecule has 0 aliphatic carbocycles. The van der Waals surface area contributed by atoms with Crippen molar-refractivity contribution in [2.45, 2.75) is 19.8 Å². The van der Waals surface area contributed by atoms with Crippen molar-refractivity contribution in [3.63, 3.8) is 0 Å². The van der Waals surface area contributed by atoms with E-state index in [1.807, 2.05) is 12.1 Å². The van der Waals surface area contributed by atoms with Gasteiger partial charge in [0.1, 0.15) is 0 Å². The van der Waals surface area contributed by atoms with E-state index in [0.29, 0.717) is 0 Å². The summed E-state index contributed by atoms with van der Waals surface area (Å²) in [6, 6.07) is 6.18. The first-order valence-corrected chi connectivity index (χ1v) is 7.08. The van der Waals surface area contributed by atoms with Gasteiger partial charge in [0.25, 0.3) is 0 Å². The van der Waals surface area contributed by atoms with Crippen molar-refractivity contribution in [2.75, 3.05) is 29.1 Å². The first-order valence-electron chi connectivity index (χ1n) is 5.93. The summed E-state index contributed by atoms with van der Waals surface area (Å²) in [6.07, 6.45) is 2.69. The maximum Gasteiger partial charge on any atom is 0.0363 e. The lowest BCUT2D eigenvalue weighted by atomic mass is 10.0. The van der Waals surface area contributed by atoms with Gasteiger partial charge in [-0.2, -0.15) is 11.8 Å². The van der Waals surface area contributed by atoms with E-state index in [4.69, 9.17) is 5.73 Å². The zero-order valence-corrected chi connectivity index (χ0v) is 10.6. The maximum atomic E-state index is 5.82. The summed E-state index contributed by atoms with van der Waals surface area (Å²) in [6.45, 7) is 3.17. The summed E-state index contributed by atoms with van der Waals surface area (Å²) in [4.78, 5) is 0. The van der Waals surface area contributed by atoms with Gasteiger partial charge in [0, 0.05) is 17.9 Å². The average molecular weight is 236 g/mol. The molecule has 16 heavy (non-hydrogen) atoms. The van der Waals surface area contributed by atoms with Crippen molar-refractivity contribution < 1.29 is 0 Å². The molecule has 1 aromatic rings. The average Bonchev–Trinajstić information content (AvgIpc) is 2.27. The molecule has 0 atom stereocenters. The Balaban J connectivity index is 1.88. The monoisotopic (exact) mass is 236 g/mol. The SMILES string of the molecule is Cc1cc(N)cc(NCC2CCSCC2)c1. The molecule has 88 valence electrons. The van der Waals surface area contributed by atoms with Gasteiger partial charge in [0.15, 0.2) is 0 Å². The highest BCUT2D eigenvalue weighted by atomic mass is 32.2. The largest absolute Gasteiger partial charge is 0.399 e. The number of thioether (sulfide) groups is 1. The lowest BCUT2D eigenvalue weighted by Gasteiger charge is -2.22. The second-order valence-electron chi connectivity index (χ2n) is 4.57. The molecular weight excluding hydrogens is 216 g/mol. The molecule has 1 saturated heterocycles. The van der Waals surface area contributed by atoms with Crippen LogP contribution in [0.2, 0.25) is 0 Å². The molecule has 1 aromatic carbocycles. The second-order valence-corrected chi connectivity index (χ2v) is 5.79. The van der Waals surface area contributed by atoms with Crippen LogP contribution >= 0.6 is 11.8 Å². The molecule has 1 heterocycles. The molecule has 1 fully saturated rings. The highest BCUT2D eigenvalue weighted by Gasteiger charge is 2.13. The number of nitrogens with two attached hydrogens (primary N) is 1. The fourth-order valence-corrected chi connectivity index (χ4v) is 3.33. The molecule has 1 aliphatic rings. The van der Waals surface area contributed by atoms with Gasteiger partial charge >= 0.3 is 0 Å². The van der Waals surface area contributed by atoms with Crippen LogP contribution in [0.15, 0.2) is 18.2 Å². The van der Waals surface area contributed by atoms with E-state index in [1.165, 1.54) is 29.9 Å². The molecule has 2 rings (SSSR count). The van der Waals surface area contributed by atoms with Crippen molar-refractivity contribution in [3.05, 3.63) is 23.8 Å². The molecule has 0 bridgehead atoms. The number of rotatable bonds is 3. The van der Waals surface area contributed by atoms with Crippen LogP contribution in [0.3, 0.4) is 0 Å². The molecule has 0 amide bonds. The fourth-order valence-electron chi connectivity index (χ4n) is 2.13. The number of anilines is 2. The summed E-state index contributed by atoms with van der Waals surface area (Å²) >= 11 is 2.08. The molecule has 3 heteroatoms. The van der Waals surface area contributed by atoms with Crippen LogP contribution in [0.1, 0.15) is 18.4 Å². The summed E-state index contributed by atoms with van der Waals surface area (Å²) in [7, 11) is 0. The van der Waals surface area contributed by atoms with Gasteiger partial charge in [-0.3, -0.25) is 0 Å². The van der Waals surface area contributed by atoms with E-state index in [-0.39, 0.29) is 0 Å². The lowest BCUT2D eigenvalue weighted by molar-refractivity contribution is 0.516.